The molecule has 0 N–H and O–H groups in total. The van der Waals surface area contributed by atoms with Crippen LogP contribution in [-0.4, -0.2) is 37.2 Å². The van der Waals surface area contributed by atoms with Crippen LogP contribution < -0.4 is 14.4 Å². The molecule has 0 saturated carbocycles. The second-order valence-corrected chi connectivity index (χ2v) is 7.12. The van der Waals surface area contributed by atoms with Gasteiger partial charge in [0.1, 0.15) is 17.4 Å². The number of rotatable bonds is 6. The minimum absolute atomic E-state index is 0.398. The van der Waals surface area contributed by atoms with E-state index in [0.29, 0.717) is 28.6 Å². The third-order valence-electron chi connectivity index (χ3n) is 5.05. The molecule has 3 aromatic carbocycles. The molecule has 7 heteroatoms. The minimum atomic E-state index is -0.398. The average Bonchev–Trinajstić information content (AvgIpc) is 2.83. The fourth-order valence-electron chi connectivity index (χ4n) is 3.41. The van der Waals surface area contributed by atoms with Gasteiger partial charge in [-0.25, -0.2) is 14.8 Å². The van der Waals surface area contributed by atoms with Crippen molar-refractivity contribution in [2.45, 2.75) is 6.92 Å². The molecule has 0 saturated heterocycles. The first-order chi connectivity index (χ1) is 15.5. The number of para-hydroxylation sites is 1. The van der Waals surface area contributed by atoms with Crippen molar-refractivity contribution in [2.75, 3.05) is 26.2 Å². The summed E-state index contributed by atoms with van der Waals surface area (Å²) in [5, 5.41) is 0.956. The molecular formula is C25H23N3O4. The SMILES string of the molecule is COC(=O)c1ccc(Oc2cc(N(C)c3nc(C)nc4ccccc34)ccc2OC)cc1. The van der Waals surface area contributed by atoms with Crippen LogP contribution in [0.1, 0.15) is 16.2 Å². The van der Waals surface area contributed by atoms with Gasteiger partial charge in [0.25, 0.3) is 0 Å². The first kappa shape index (κ1) is 21.1. The fourth-order valence-corrected chi connectivity index (χ4v) is 3.41. The lowest BCUT2D eigenvalue weighted by atomic mass is 10.2. The Bertz CT molecular complexity index is 1270. The molecule has 0 atom stereocenters. The first-order valence-corrected chi connectivity index (χ1v) is 10.0. The van der Waals surface area contributed by atoms with Crippen LogP contribution in [-0.2, 0) is 4.74 Å². The maximum atomic E-state index is 11.7. The molecule has 1 heterocycles. The molecular weight excluding hydrogens is 406 g/mol. The van der Waals surface area contributed by atoms with E-state index in [1.807, 2.05) is 61.3 Å². The largest absolute Gasteiger partial charge is 0.493 e. The van der Waals surface area contributed by atoms with E-state index >= 15 is 0 Å². The van der Waals surface area contributed by atoms with Crippen LogP contribution in [0.3, 0.4) is 0 Å². The Labute approximate surface area is 186 Å². The summed E-state index contributed by atoms with van der Waals surface area (Å²) >= 11 is 0. The van der Waals surface area contributed by atoms with Crippen molar-refractivity contribution in [2.24, 2.45) is 0 Å². The molecule has 0 bridgehead atoms. The molecule has 162 valence electrons. The number of benzene rings is 3. The number of carbonyl (C=O) groups is 1. The van der Waals surface area contributed by atoms with E-state index in [1.165, 1.54) is 7.11 Å². The third-order valence-corrected chi connectivity index (χ3v) is 5.05. The Balaban J connectivity index is 1.69. The van der Waals surface area contributed by atoms with Gasteiger partial charge in [-0.15, -0.1) is 0 Å². The molecule has 1 aromatic heterocycles. The molecule has 0 aliphatic heterocycles. The van der Waals surface area contributed by atoms with Crippen LogP contribution in [0.5, 0.6) is 17.2 Å². The average molecular weight is 429 g/mol. The number of esters is 1. The number of fused-ring (bicyclic) bond motifs is 1. The second-order valence-electron chi connectivity index (χ2n) is 7.12. The summed E-state index contributed by atoms with van der Waals surface area (Å²) in [6, 6.07) is 20.3. The summed E-state index contributed by atoms with van der Waals surface area (Å²) in [4.78, 5) is 22.8. The lowest BCUT2D eigenvalue weighted by Gasteiger charge is -2.22. The van der Waals surface area contributed by atoms with Crippen LogP contribution in [0.4, 0.5) is 11.5 Å². The summed E-state index contributed by atoms with van der Waals surface area (Å²) < 4.78 is 16.3. The highest BCUT2D eigenvalue weighted by molar-refractivity contribution is 5.91. The molecule has 7 nitrogen and oxygen atoms in total. The van der Waals surface area contributed by atoms with Gasteiger partial charge in [0.15, 0.2) is 11.5 Å². The van der Waals surface area contributed by atoms with Crippen LogP contribution >= 0.6 is 0 Å². The lowest BCUT2D eigenvalue weighted by molar-refractivity contribution is 0.0600. The quantitative estimate of drug-likeness (QED) is 0.385. The second kappa shape index (κ2) is 8.93. The van der Waals surface area contributed by atoms with Gasteiger partial charge in [0, 0.05) is 24.2 Å². The van der Waals surface area contributed by atoms with Gasteiger partial charge in [-0.05, 0) is 55.5 Å². The Morgan fingerprint density at radius 2 is 1.66 bits per heavy atom. The summed E-state index contributed by atoms with van der Waals surface area (Å²) in [6.07, 6.45) is 0. The maximum Gasteiger partial charge on any atom is 0.337 e. The Hall–Kier alpha value is -4.13. The molecule has 0 radical (unpaired) electrons. The van der Waals surface area contributed by atoms with Gasteiger partial charge in [0.05, 0.1) is 25.3 Å². The normalized spacial score (nSPS) is 10.6. The Morgan fingerprint density at radius 1 is 0.906 bits per heavy atom. The minimum Gasteiger partial charge on any atom is -0.493 e. The number of hydrogen-bond donors (Lipinski definition) is 0. The van der Waals surface area contributed by atoms with E-state index < -0.39 is 5.97 Å². The van der Waals surface area contributed by atoms with Crippen molar-refractivity contribution in [3.63, 3.8) is 0 Å². The molecule has 0 aliphatic rings. The standard InChI is InChI=1S/C25H23N3O4/c1-16-26-21-8-6-5-7-20(21)24(27-16)28(2)18-11-14-22(30-3)23(15-18)32-19-12-9-17(10-13-19)25(29)31-4/h5-15H,1-4H3. The monoisotopic (exact) mass is 429 g/mol. The molecule has 0 fully saturated rings. The predicted octanol–water partition coefficient (Wildman–Crippen LogP) is 5.29. The van der Waals surface area contributed by atoms with E-state index in [2.05, 4.69) is 9.97 Å². The highest BCUT2D eigenvalue weighted by Crippen LogP contribution is 2.37. The van der Waals surface area contributed by atoms with E-state index in [9.17, 15) is 4.79 Å². The topological polar surface area (TPSA) is 73.8 Å². The number of carbonyl (C=O) groups excluding carboxylic acids is 1. The molecule has 0 spiro atoms. The molecule has 4 aromatic rings. The molecule has 0 aliphatic carbocycles. The Kier molecular flexibility index (Phi) is 5.89. The fraction of sp³-hybridized carbons (Fsp3) is 0.160. The van der Waals surface area contributed by atoms with Crippen molar-refractivity contribution >= 4 is 28.4 Å². The zero-order chi connectivity index (χ0) is 22.7. The number of aryl methyl sites for hydroxylation is 1. The molecule has 4 rings (SSSR count). The number of hydrogen-bond acceptors (Lipinski definition) is 7. The van der Waals surface area contributed by atoms with Gasteiger partial charge >= 0.3 is 5.97 Å². The maximum absolute atomic E-state index is 11.7. The van der Waals surface area contributed by atoms with Crippen LogP contribution in [0.15, 0.2) is 66.7 Å². The van der Waals surface area contributed by atoms with Gasteiger partial charge in [-0.1, -0.05) is 12.1 Å². The number of anilines is 2. The summed E-state index contributed by atoms with van der Waals surface area (Å²) in [5.41, 5.74) is 2.21. The van der Waals surface area contributed by atoms with Crippen molar-refractivity contribution in [3.8, 4) is 17.2 Å². The van der Waals surface area contributed by atoms with Crippen molar-refractivity contribution in [1.82, 2.24) is 9.97 Å². The summed E-state index contributed by atoms with van der Waals surface area (Å²) in [7, 11) is 4.89. The van der Waals surface area contributed by atoms with E-state index in [1.54, 1.807) is 31.4 Å². The summed E-state index contributed by atoms with van der Waals surface area (Å²) in [6.45, 7) is 1.88. The summed E-state index contributed by atoms with van der Waals surface area (Å²) in [5.74, 6) is 2.79. The van der Waals surface area contributed by atoms with Crippen LogP contribution in [0.25, 0.3) is 10.9 Å². The van der Waals surface area contributed by atoms with Gasteiger partial charge in [-0.3, -0.25) is 0 Å². The Morgan fingerprint density at radius 3 is 2.38 bits per heavy atom. The van der Waals surface area contributed by atoms with Crippen LogP contribution in [0.2, 0.25) is 0 Å². The van der Waals surface area contributed by atoms with Crippen molar-refractivity contribution in [3.05, 3.63) is 78.1 Å². The number of aromatic nitrogens is 2. The number of methoxy groups -OCH3 is 2. The highest BCUT2D eigenvalue weighted by Gasteiger charge is 2.15. The zero-order valence-electron chi connectivity index (χ0n) is 18.3. The van der Waals surface area contributed by atoms with Gasteiger partial charge in [-0.2, -0.15) is 0 Å². The van der Waals surface area contributed by atoms with E-state index in [-0.39, 0.29) is 0 Å². The third kappa shape index (κ3) is 4.18. The predicted molar refractivity (Wildman–Crippen MR) is 123 cm³/mol. The van der Waals surface area contributed by atoms with Crippen LogP contribution in [0, 0.1) is 6.92 Å². The first-order valence-electron chi connectivity index (χ1n) is 10.0. The lowest BCUT2D eigenvalue weighted by Crippen LogP contribution is -2.13. The van der Waals surface area contributed by atoms with Crippen molar-refractivity contribution < 1.29 is 19.0 Å². The highest BCUT2D eigenvalue weighted by atomic mass is 16.5. The van der Waals surface area contributed by atoms with Gasteiger partial charge in [0.2, 0.25) is 0 Å². The van der Waals surface area contributed by atoms with Crippen molar-refractivity contribution in [1.29, 1.82) is 0 Å². The van der Waals surface area contributed by atoms with E-state index in [4.69, 9.17) is 14.2 Å². The number of nitrogens with zero attached hydrogens (tertiary/aromatic N) is 3. The molecule has 0 amide bonds. The van der Waals surface area contributed by atoms with E-state index in [0.717, 1.165) is 22.4 Å². The molecule has 0 unspecified atom stereocenters. The smallest absolute Gasteiger partial charge is 0.337 e. The van der Waals surface area contributed by atoms with Gasteiger partial charge < -0.3 is 19.1 Å². The zero-order valence-corrected chi connectivity index (χ0v) is 18.3. The number of ether oxygens (including phenoxy) is 3. The molecule has 32 heavy (non-hydrogen) atoms.